The highest BCUT2D eigenvalue weighted by atomic mass is 16.3. The van der Waals surface area contributed by atoms with Crippen LogP contribution in [0, 0.1) is 0 Å². The molecule has 5 nitrogen and oxygen atoms in total. The van der Waals surface area contributed by atoms with Crippen molar-refractivity contribution in [2.45, 2.75) is 50.4 Å². The minimum absolute atomic E-state index is 0.155. The fraction of sp³-hybridized carbons (Fsp3) is 0.909. The van der Waals surface area contributed by atoms with Gasteiger partial charge in [0.15, 0.2) is 0 Å². The van der Waals surface area contributed by atoms with E-state index in [1.54, 1.807) is 6.92 Å². The quantitative estimate of drug-likeness (QED) is 0.581. The van der Waals surface area contributed by atoms with Crippen LogP contribution in [-0.4, -0.2) is 52.7 Å². The third kappa shape index (κ3) is 1.63. The van der Waals surface area contributed by atoms with Crippen molar-refractivity contribution in [2.24, 2.45) is 5.73 Å². The smallest absolute Gasteiger partial charge is 0.237 e. The molecule has 2 saturated heterocycles. The Balaban J connectivity index is 2.05. The Hall–Kier alpha value is -0.650. The number of carbonyl (C=O) groups excluding carboxylic acids is 1. The van der Waals surface area contributed by atoms with Gasteiger partial charge in [-0.1, -0.05) is 0 Å². The molecule has 16 heavy (non-hydrogen) atoms. The number of primary amides is 1. The molecule has 0 aromatic rings. The molecule has 0 radical (unpaired) electrons. The maximum Gasteiger partial charge on any atom is 0.237 e. The molecule has 2 heterocycles. The fourth-order valence-corrected chi connectivity index (χ4v) is 3.14. The van der Waals surface area contributed by atoms with E-state index >= 15 is 0 Å². The molecular formula is C11H21N3O2. The van der Waals surface area contributed by atoms with Crippen LogP contribution in [-0.2, 0) is 4.79 Å². The minimum Gasteiger partial charge on any atom is -0.391 e. The number of rotatable bonds is 3. The Morgan fingerprint density at radius 2 is 2.38 bits per heavy atom. The molecule has 0 aliphatic carbocycles. The van der Waals surface area contributed by atoms with Gasteiger partial charge in [0.2, 0.25) is 5.91 Å². The molecule has 2 unspecified atom stereocenters. The van der Waals surface area contributed by atoms with Gasteiger partial charge in [0.25, 0.3) is 0 Å². The normalized spacial score (nSPS) is 38.3. The maximum absolute atomic E-state index is 11.3. The van der Waals surface area contributed by atoms with Crippen LogP contribution in [0.4, 0.5) is 0 Å². The van der Waals surface area contributed by atoms with E-state index in [1.807, 2.05) is 4.90 Å². The number of likely N-dealkylation sites (tertiary alicyclic amines) is 1. The molecule has 2 aliphatic heterocycles. The van der Waals surface area contributed by atoms with E-state index in [1.165, 1.54) is 6.42 Å². The molecule has 2 fully saturated rings. The standard InChI is InChI=1S/C11H21N3O2/c1-7(15)9(10(12)16)14-6-11(8(14)2)4-3-5-13-11/h7-9,13,15H,3-6H2,1-2H3,(H2,12,16)/t7-,8?,9+,11?/m1/s1. The lowest BCUT2D eigenvalue weighted by atomic mass is 9.78. The van der Waals surface area contributed by atoms with Crippen LogP contribution in [0.5, 0.6) is 0 Å². The Bertz CT molecular complexity index is 287. The summed E-state index contributed by atoms with van der Waals surface area (Å²) in [5.74, 6) is -0.435. The Kier molecular flexibility index (Phi) is 2.94. The molecule has 2 rings (SSSR count). The summed E-state index contributed by atoms with van der Waals surface area (Å²) in [6, 6.07) is -0.287. The van der Waals surface area contributed by atoms with Crippen molar-refractivity contribution in [1.82, 2.24) is 10.2 Å². The van der Waals surface area contributed by atoms with Crippen LogP contribution in [0.3, 0.4) is 0 Å². The second-order valence-corrected chi connectivity index (χ2v) is 5.12. The molecular weight excluding hydrogens is 206 g/mol. The van der Waals surface area contributed by atoms with Crippen LogP contribution < -0.4 is 11.1 Å². The number of amides is 1. The predicted octanol–water partition coefficient (Wildman–Crippen LogP) is -0.953. The van der Waals surface area contributed by atoms with Crippen molar-refractivity contribution >= 4 is 5.91 Å². The lowest BCUT2D eigenvalue weighted by Gasteiger charge is -2.57. The third-order valence-electron chi connectivity index (χ3n) is 4.14. The minimum atomic E-state index is -0.710. The zero-order valence-electron chi connectivity index (χ0n) is 9.94. The van der Waals surface area contributed by atoms with Crippen molar-refractivity contribution in [3.63, 3.8) is 0 Å². The van der Waals surface area contributed by atoms with E-state index in [2.05, 4.69) is 12.2 Å². The molecule has 5 heteroatoms. The van der Waals surface area contributed by atoms with Gasteiger partial charge in [-0.25, -0.2) is 0 Å². The number of aliphatic hydroxyl groups excluding tert-OH is 1. The van der Waals surface area contributed by atoms with Crippen molar-refractivity contribution in [1.29, 1.82) is 0 Å². The molecule has 0 aromatic carbocycles. The first kappa shape index (κ1) is 11.8. The fourth-order valence-electron chi connectivity index (χ4n) is 3.14. The monoisotopic (exact) mass is 227 g/mol. The highest BCUT2D eigenvalue weighted by Gasteiger charge is 2.54. The zero-order chi connectivity index (χ0) is 11.9. The zero-order valence-corrected chi connectivity index (χ0v) is 9.94. The van der Waals surface area contributed by atoms with E-state index in [0.717, 1.165) is 19.5 Å². The molecule has 0 bridgehead atoms. The van der Waals surface area contributed by atoms with Gasteiger partial charge in [-0.3, -0.25) is 9.69 Å². The van der Waals surface area contributed by atoms with Gasteiger partial charge in [0, 0.05) is 18.1 Å². The first-order chi connectivity index (χ1) is 7.48. The van der Waals surface area contributed by atoms with Gasteiger partial charge in [0.1, 0.15) is 6.04 Å². The molecule has 92 valence electrons. The van der Waals surface area contributed by atoms with Gasteiger partial charge in [-0.2, -0.15) is 0 Å². The van der Waals surface area contributed by atoms with Gasteiger partial charge in [-0.15, -0.1) is 0 Å². The highest BCUT2D eigenvalue weighted by molar-refractivity contribution is 5.80. The van der Waals surface area contributed by atoms with Crippen LogP contribution in [0.15, 0.2) is 0 Å². The third-order valence-corrected chi connectivity index (χ3v) is 4.14. The molecule has 1 amide bonds. The summed E-state index contributed by atoms with van der Waals surface area (Å²) in [5.41, 5.74) is 5.49. The summed E-state index contributed by atoms with van der Waals surface area (Å²) >= 11 is 0. The van der Waals surface area contributed by atoms with Gasteiger partial charge >= 0.3 is 0 Å². The second kappa shape index (κ2) is 3.98. The van der Waals surface area contributed by atoms with Crippen molar-refractivity contribution in [3.8, 4) is 0 Å². The summed E-state index contributed by atoms with van der Waals surface area (Å²) in [4.78, 5) is 13.3. The van der Waals surface area contributed by atoms with Crippen LogP contribution in [0.2, 0.25) is 0 Å². The number of nitrogens with one attached hydrogen (secondary N) is 1. The molecule has 0 aromatic heterocycles. The number of carbonyl (C=O) groups is 1. The molecule has 4 N–H and O–H groups in total. The molecule has 1 spiro atoms. The average molecular weight is 227 g/mol. The number of nitrogens with two attached hydrogens (primary N) is 1. The average Bonchev–Trinajstić information content (AvgIpc) is 2.67. The largest absolute Gasteiger partial charge is 0.391 e. The van der Waals surface area contributed by atoms with Gasteiger partial charge < -0.3 is 16.2 Å². The topological polar surface area (TPSA) is 78.6 Å². The first-order valence-electron chi connectivity index (χ1n) is 5.96. The van der Waals surface area contributed by atoms with Crippen LogP contribution in [0.1, 0.15) is 26.7 Å². The Morgan fingerprint density at radius 3 is 2.75 bits per heavy atom. The van der Waals surface area contributed by atoms with E-state index in [-0.39, 0.29) is 11.6 Å². The van der Waals surface area contributed by atoms with Crippen molar-refractivity contribution in [2.75, 3.05) is 13.1 Å². The number of hydrogen-bond acceptors (Lipinski definition) is 4. The number of nitrogens with zero attached hydrogens (tertiary/aromatic N) is 1. The van der Waals surface area contributed by atoms with Gasteiger partial charge in [-0.05, 0) is 33.2 Å². The van der Waals surface area contributed by atoms with Crippen molar-refractivity contribution in [3.05, 3.63) is 0 Å². The van der Waals surface area contributed by atoms with E-state index in [0.29, 0.717) is 0 Å². The summed E-state index contributed by atoms with van der Waals surface area (Å²) in [6.07, 6.45) is 1.63. The maximum atomic E-state index is 11.3. The summed E-state index contributed by atoms with van der Waals surface area (Å²) in [6.45, 7) is 5.58. The van der Waals surface area contributed by atoms with Crippen molar-refractivity contribution < 1.29 is 9.90 Å². The second-order valence-electron chi connectivity index (χ2n) is 5.12. The van der Waals surface area contributed by atoms with Crippen LogP contribution in [0.25, 0.3) is 0 Å². The predicted molar refractivity (Wildman–Crippen MR) is 60.8 cm³/mol. The SMILES string of the molecule is CC1N([C@H](C(N)=O)[C@@H](C)O)CC12CCCN2. The first-order valence-corrected chi connectivity index (χ1v) is 5.96. The highest BCUT2D eigenvalue weighted by Crippen LogP contribution is 2.38. The summed E-state index contributed by atoms with van der Waals surface area (Å²) in [5, 5.41) is 13.1. The van der Waals surface area contributed by atoms with E-state index < -0.39 is 18.1 Å². The lowest BCUT2D eigenvalue weighted by Crippen LogP contribution is -2.77. The summed E-state index contributed by atoms with van der Waals surface area (Å²) in [7, 11) is 0. The Labute approximate surface area is 96.0 Å². The van der Waals surface area contributed by atoms with E-state index in [4.69, 9.17) is 5.73 Å². The van der Waals surface area contributed by atoms with Crippen LogP contribution >= 0.6 is 0 Å². The lowest BCUT2D eigenvalue weighted by molar-refractivity contribution is -0.138. The molecule has 2 aliphatic rings. The molecule has 4 atom stereocenters. The Morgan fingerprint density at radius 1 is 1.69 bits per heavy atom. The van der Waals surface area contributed by atoms with Gasteiger partial charge in [0.05, 0.1) is 6.10 Å². The van der Waals surface area contributed by atoms with E-state index in [9.17, 15) is 9.90 Å². The summed E-state index contributed by atoms with van der Waals surface area (Å²) < 4.78 is 0. The molecule has 0 saturated carbocycles. The number of aliphatic hydroxyl groups is 1. The number of hydrogen-bond donors (Lipinski definition) is 3.